The average Bonchev–Trinajstić information content (AvgIpc) is 2.98. The molecule has 0 saturated heterocycles. The van der Waals surface area contributed by atoms with Gasteiger partial charge in [-0.15, -0.1) is 0 Å². The van der Waals surface area contributed by atoms with Crippen molar-refractivity contribution in [2.45, 2.75) is 52.9 Å². The Morgan fingerprint density at radius 3 is 1.68 bits per heavy atom. The molecule has 1 atom stereocenters. The fourth-order valence-corrected chi connectivity index (χ4v) is 7.31. The van der Waals surface area contributed by atoms with Crippen molar-refractivity contribution >= 4 is 46.7 Å². The molecule has 0 fully saturated rings. The van der Waals surface area contributed by atoms with Gasteiger partial charge in [0.2, 0.25) is 13.4 Å². The lowest BCUT2D eigenvalue weighted by atomic mass is 9.27. The summed E-state index contributed by atoms with van der Waals surface area (Å²) >= 11 is 0. The number of anilines is 2. The minimum absolute atomic E-state index is 0.233. The summed E-state index contributed by atoms with van der Waals surface area (Å²) in [5, 5.41) is 0. The fourth-order valence-electron chi connectivity index (χ4n) is 7.31. The van der Waals surface area contributed by atoms with Crippen LogP contribution < -0.4 is 26.8 Å². The van der Waals surface area contributed by atoms with Gasteiger partial charge in [-0.1, -0.05) is 142 Å². The van der Waals surface area contributed by atoms with Gasteiger partial charge in [-0.25, -0.2) is 0 Å². The minimum atomic E-state index is 0.233. The van der Waals surface area contributed by atoms with E-state index in [4.69, 9.17) is 0 Å². The molecular formula is C37H37B2N. The largest absolute Gasteiger partial charge is 0.313 e. The SMILES string of the molecule is CC1CC=C2B(c3ccccc3)c3cc(C(C)C)ccc3N3C2=C1B(c1ccccc1)c1cc(C(C)C)ccc13. The van der Waals surface area contributed by atoms with Crippen molar-refractivity contribution in [3.8, 4) is 0 Å². The van der Waals surface area contributed by atoms with Crippen LogP contribution in [0.3, 0.4) is 0 Å². The van der Waals surface area contributed by atoms with Crippen molar-refractivity contribution < 1.29 is 0 Å². The maximum absolute atomic E-state index is 2.63. The first kappa shape index (κ1) is 25.3. The van der Waals surface area contributed by atoms with Crippen LogP contribution >= 0.6 is 0 Å². The Hall–Kier alpha value is -3.71. The molecule has 3 heteroatoms. The first-order chi connectivity index (χ1) is 19.4. The van der Waals surface area contributed by atoms with Crippen molar-refractivity contribution in [1.82, 2.24) is 0 Å². The zero-order chi connectivity index (χ0) is 27.5. The van der Waals surface area contributed by atoms with E-state index in [9.17, 15) is 0 Å². The second-order valence-electron chi connectivity index (χ2n) is 12.6. The summed E-state index contributed by atoms with van der Waals surface area (Å²) < 4.78 is 0. The van der Waals surface area contributed by atoms with Crippen molar-refractivity contribution in [3.05, 3.63) is 131 Å². The highest BCUT2D eigenvalue weighted by molar-refractivity contribution is 6.96. The summed E-state index contributed by atoms with van der Waals surface area (Å²) in [5.74, 6) is 1.44. The smallest absolute Gasteiger partial charge is 0.246 e. The summed E-state index contributed by atoms with van der Waals surface area (Å²) in [6.45, 7) is 12.2. The third-order valence-corrected chi connectivity index (χ3v) is 9.42. The van der Waals surface area contributed by atoms with E-state index in [1.165, 1.54) is 55.5 Å². The van der Waals surface area contributed by atoms with Gasteiger partial charge in [0, 0.05) is 17.1 Å². The third-order valence-electron chi connectivity index (χ3n) is 9.42. The van der Waals surface area contributed by atoms with Crippen LogP contribution in [0.1, 0.15) is 64.0 Å². The van der Waals surface area contributed by atoms with Crippen molar-refractivity contribution in [2.24, 2.45) is 5.92 Å². The van der Waals surface area contributed by atoms with E-state index in [-0.39, 0.29) is 13.4 Å². The maximum atomic E-state index is 2.63. The molecule has 0 saturated carbocycles. The Kier molecular flexibility index (Phi) is 6.15. The van der Waals surface area contributed by atoms with E-state index >= 15 is 0 Å². The van der Waals surface area contributed by atoms with Crippen LogP contribution in [0.25, 0.3) is 0 Å². The van der Waals surface area contributed by atoms with Gasteiger partial charge >= 0.3 is 0 Å². The van der Waals surface area contributed by atoms with Gasteiger partial charge in [0.15, 0.2) is 0 Å². The van der Waals surface area contributed by atoms with Gasteiger partial charge < -0.3 is 4.90 Å². The Morgan fingerprint density at radius 1 is 0.650 bits per heavy atom. The molecule has 2 aliphatic heterocycles. The third kappa shape index (κ3) is 3.85. The van der Waals surface area contributed by atoms with Gasteiger partial charge in [0.25, 0.3) is 0 Å². The number of benzene rings is 4. The lowest BCUT2D eigenvalue weighted by Gasteiger charge is -2.48. The van der Waals surface area contributed by atoms with E-state index in [2.05, 4.69) is 143 Å². The van der Waals surface area contributed by atoms with E-state index in [1.54, 1.807) is 5.47 Å². The summed E-state index contributed by atoms with van der Waals surface area (Å²) in [6, 6.07) is 37.0. The standard InChI is InChI=1S/C37H37B2N/c1-24(2)27-17-20-34-32(22-27)38(29-12-8-6-9-13-29)31-19-16-26(5)36-37(31)40(34)35-21-18-28(25(3)4)23-33(35)39(36)30-14-10-7-11-15-30/h6-15,17-26H,16H2,1-5H3. The van der Waals surface area contributed by atoms with E-state index in [0.29, 0.717) is 17.8 Å². The molecule has 0 amide bonds. The van der Waals surface area contributed by atoms with Crippen LogP contribution in [0.5, 0.6) is 0 Å². The van der Waals surface area contributed by atoms with E-state index in [1.807, 2.05) is 0 Å². The normalized spacial score (nSPS) is 17.6. The molecule has 0 aromatic heterocycles. The Balaban J connectivity index is 1.58. The monoisotopic (exact) mass is 517 g/mol. The maximum Gasteiger partial charge on any atom is 0.246 e. The summed E-state index contributed by atoms with van der Waals surface area (Å²) in [6.07, 6.45) is 3.64. The molecule has 3 aliphatic rings. The van der Waals surface area contributed by atoms with Crippen LogP contribution in [0.15, 0.2) is 120 Å². The van der Waals surface area contributed by atoms with E-state index < -0.39 is 0 Å². The predicted octanol–water partition coefficient (Wildman–Crippen LogP) is 6.62. The summed E-state index contributed by atoms with van der Waals surface area (Å²) in [4.78, 5) is 2.63. The van der Waals surface area contributed by atoms with Crippen LogP contribution in [-0.4, -0.2) is 13.4 Å². The first-order valence-corrected chi connectivity index (χ1v) is 15.1. The highest BCUT2D eigenvalue weighted by Gasteiger charge is 2.47. The number of rotatable bonds is 4. The number of hydrogen-bond acceptors (Lipinski definition) is 1. The van der Waals surface area contributed by atoms with Gasteiger partial charge in [0.1, 0.15) is 0 Å². The molecule has 1 nitrogen and oxygen atoms in total. The Bertz CT molecular complexity index is 1650. The van der Waals surface area contributed by atoms with Crippen LogP contribution in [0.2, 0.25) is 0 Å². The van der Waals surface area contributed by atoms with Gasteiger partial charge in [-0.3, -0.25) is 0 Å². The second-order valence-corrected chi connectivity index (χ2v) is 12.6. The van der Waals surface area contributed by atoms with Crippen LogP contribution in [-0.2, 0) is 0 Å². The molecule has 2 heterocycles. The van der Waals surface area contributed by atoms with Crippen molar-refractivity contribution in [2.75, 3.05) is 4.90 Å². The van der Waals surface area contributed by atoms with E-state index in [0.717, 1.165) is 6.42 Å². The quantitative estimate of drug-likeness (QED) is 0.275. The molecule has 0 radical (unpaired) electrons. The van der Waals surface area contributed by atoms with Crippen LogP contribution in [0, 0.1) is 5.92 Å². The van der Waals surface area contributed by atoms with Crippen molar-refractivity contribution in [1.29, 1.82) is 0 Å². The molecule has 196 valence electrons. The number of allylic oxidation sites excluding steroid dienone is 3. The molecule has 7 rings (SSSR count). The zero-order valence-electron chi connectivity index (χ0n) is 24.4. The molecule has 0 bridgehead atoms. The van der Waals surface area contributed by atoms with Gasteiger partial charge in [-0.2, -0.15) is 0 Å². The second kappa shape index (κ2) is 9.73. The lowest BCUT2D eigenvalue weighted by molar-refractivity contribution is 0.702. The molecule has 1 aliphatic carbocycles. The minimum Gasteiger partial charge on any atom is -0.313 e. The fraction of sp³-hybridized carbons (Fsp3) is 0.243. The number of hydrogen-bond donors (Lipinski definition) is 0. The molecule has 4 aromatic rings. The molecule has 0 N–H and O–H groups in total. The number of fused-ring (bicyclic) bond motifs is 4. The van der Waals surface area contributed by atoms with Crippen molar-refractivity contribution in [3.63, 3.8) is 0 Å². The number of nitrogens with zero attached hydrogens (tertiary/aromatic N) is 1. The van der Waals surface area contributed by atoms with Crippen LogP contribution in [0.4, 0.5) is 11.4 Å². The average molecular weight is 517 g/mol. The zero-order valence-corrected chi connectivity index (χ0v) is 24.4. The highest BCUT2D eigenvalue weighted by Crippen LogP contribution is 2.46. The molecular weight excluding hydrogens is 480 g/mol. The van der Waals surface area contributed by atoms with Gasteiger partial charge in [-0.05, 0) is 63.8 Å². The Labute approximate surface area is 240 Å². The van der Waals surface area contributed by atoms with Gasteiger partial charge in [0.05, 0.1) is 0 Å². The lowest BCUT2D eigenvalue weighted by Crippen LogP contribution is -2.59. The molecule has 40 heavy (non-hydrogen) atoms. The predicted molar refractivity (Wildman–Crippen MR) is 175 cm³/mol. The highest BCUT2D eigenvalue weighted by atomic mass is 15.2. The molecule has 0 spiro atoms. The summed E-state index contributed by atoms with van der Waals surface area (Å²) in [5.41, 5.74) is 15.7. The molecule has 4 aromatic carbocycles. The molecule has 1 unspecified atom stereocenters. The first-order valence-electron chi connectivity index (χ1n) is 15.1. The summed E-state index contributed by atoms with van der Waals surface area (Å²) in [7, 11) is 0. The Morgan fingerprint density at radius 2 is 1.15 bits per heavy atom. The topological polar surface area (TPSA) is 3.24 Å².